The molecule has 5 nitrogen and oxygen atoms in total. The largest absolute Gasteiger partial charge is 0.417 e. The summed E-state index contributed by atoms with van der Waals surface area (Å²) in [5.74, 6) is 0.457. The fourth-order valence-electron chi connectivity index (χ4n) is 1.47. The van der Waals surface area contributed by atoms with E-state index in [2.05, 4.69) is 5.32 Å². The molecular weight excluding hydrogens is 242 g/mol. The summed E-state index contributed by atoms with van der Waals surface area (Å²) in [6.07, 6.45) is -0.568. The molecule has 0 saturated carbocycles. The van der Waals surface area contributed by atoms with Crippen molar-refractivity contribution in [2.45, 2.75) is 0 Å². The zero-order valence-electron chi connectivity index (χ0n) is 10.1. The Morgan fingerprint density at radius 2 is 1.68 bits per heavy atom. The van der Waals surface area contributed by atoms with Crippen LogP contribution in [0, 0.1) is 5.41 Å². The lowest BCUT2D eigenvalue weighted by Crippen LogP contribution is -2.17. The maximum atomic E-state index is 11.6. The molecule has 0 saturated heterocycles. The molecule has 4 N–H and O–H groups in total. The molecule has 2 aromatic rings. The fourth-order valence-corrected chi connectivity index (χ4v) is 1.47. The number of anilines is 1. The van der Waals surface area contributed by atoms with Crippen LogP contribution in [0.4, 0.5) is 10.5 Å². The van der Waals surface area contributed by atoms with E-state index < -0.39 is 6.09 Å². The maximum Gasteiger partial charge on any atom is 0.417 e. The Labute approximate surface area is 110 Å². The number of para-hydroxylation sites is 1. The predicted octanol–water partition coefficient (Wildman–Crippen LogP) is 2.58. The van der Waals surface area contributed by atoms with Gasteiger partial charge in [-0.2, -0.15) is 0 Å². The topological polar surface area (TPSA) is 88.2 Å². The molecule has 0 heterocycles. The highest BCUT2D eigenvalue weighted by Gasteiger charge is 2.05. The molecular formula is C14H13N3O2. The van der Waals surface area contributed by atoms with Gasteiger partial charge in [-0.15, -0.1) is 0 Å². The Kier molecular flexibility index (Phi) is 3.78. The number of carbonyl (C=O) groups is 1. The molecule has 0 aliphatic carbocycles. The monoisotopic (exact) mass is 255 g/mol. The number of amides is 1. The normalized spacial score (nSPS) is 9.68. The molecule has 0 atom stereocenters. The second-order valence-electron chi connectivity index (χ2n) is 3.82. The van der Waals surface area contributed by atoms with E-state index in [-0.39, 0.29) is 5.84 Å². The number of ether oxygens (including phenoxy) is 1. The zero-order chi connectivity index (χ0) is 13.7. The molecule has 96 valence electrons. The van der Waals surface area contributed by atoms with Crippen molar-refractivity contribution in [3.05, 3.63) is 60.2 Å². The van der Waals surface area contributed by atoms with Crippen LogP contribution >= 0.6 is 0 Å². The predicted molar refractivity (Wildman–Crippen MR) is 73.5 cm³/mol. The Morgan fingerprint density at radius 3 is 2.26 bits per heavy atom. The summed E-state index contributed by atoms with van der Waals surface area (Å²) in [5.41, 5.74) is 6.51. The third-order valence-electron chi connectivity index (χ3n) is 2.40. The van der Waals surface area contributed by atoms with E-state index in [1.54, 1.807) is 48.5 Å². The van der Waals surface area contributed by atoms with Crippen LogP contribution < -0.4 is 15.8 Å². The lowest BCUT2D eigenvalue weighted by Gasteiger charge is -2.07. The van der Waals surface area contributed by atoms with Gasteiger partial charge >= 0.3 is 6.09 Å². The van der Waals surface area contributed by atoms with Gasteiger partial charge in [0.05, 0.1) is 0 Å². The van der Waals surface area contributed by atoms with Gasteiger partial charge in [-0.3, -0.25) is 10.7 Å². The summed E-state index contributed by atoms with van der Waals surface area (Å²) in [6.45, 7) is 0. The van der Waals surface area contributed by atoms with Crippen LogP contribution in [-0.4, -0.2) is 11.9 Å². The van der Waals surface area contributed by atoms with Gasteiger partial charge in [-0.1, -0.05) is 18.2 Å². The molecule has 5 heteroatoms. The first-order chi connectivity index (χ1) is 9.15. The number of rotatable bonds is 3. The van der Waals surface area contributed by atoms with Crippen molar-refractivity contribution in [1.82, 2.24) is 0 Å². The number of hydrogen-bond acceptors (Lipinski definition) is 3. The van der Waals surface area contributed by atoms with Crippen molar-refractivity contribution in [2.24, 2.45) is 5.73 Å². The Morgan fingerprint density at radius 1 is 1.05 bits per heavy atom. The smallest absolute Gasteiger partial charge is 0.410 e. The van der Waals surface area contributed by atoms with Crippen molar-refractivity contribution in [3.8, 4) is 5.75 Å². The van der Waals surface area contributed by atoms with Crippen molar-refractivity contribution in [1.29, 1.82) is 5.41 Å². The van der Waals surface area contributed by atoms with Gasteiger partial charge in [-0.25, -0.2) is 4.79 Å². The summed E-state index contributed by atoms with van der Waals surface area (Å²) in [5, 5.41) is 9.85. The van der Waals surface area contributed by atoms with Gasteiger partial charge < -0.3 is 10.5 Å². The summed E-state index contributed by atoms with van der Waals surface area (Å²) < 4.78 is 5.08. The summed E-state index contributed by atoms with van der Waals surface area (Å²) in [6, 6.07) is 15.4. The molecule has 0 aliphatic rings. The quantitative estimate of drug-likeness (QED) is 0.581. The zero-order valence-corrected chi connectivity index (χ0v) is 10.1. The number of hydrogen-bond donors (Lipinski definition) is 3. The summed E-state index contributed by atoms with van der Waals surface area (Å²) >= 11 is 0. The SMILES string of the molecule is N=C(N)c1ccc(NC(=O)Oc2ccccc2)cc1. The number of nitrogens with two attached hydrogens (primary N) is 1. The summed E-state index contributed by atoms with van der Waals surface area (Å²) in [4.78, 5) is 11.6. The number of nitrogens with one attached hydrogen (secondary N) is 2. The minimum Gasteiger partial charge on any atom is -0.410 e. The van der Waals surface area contributed by atoms with E-state index in [0.717, 1.165) is 0 Å². The van der Waals surface area contributed by atoms with E-state index in [9.17, 15) is 4.79 Å². The molecule has 0 radical (unpaired) electrons. The molecule has 0 aromatic heterocycles. The van der Waals surface area contributed by atoms with Crippen molar-refractivity contribution < 1.29 is 9.53 Å². The second kappa shape index (κ2) is 5.68. The minimum atomic E-state index is -0.568. The number of benzene rings is 2. The Balaban J connectivity index is 1.97. The van der Waals surface area contributed by atoms with Crippen LogP contribution in [0.25, 0.3) is 0 Å². The van der Waals surface area contributed by atoms with Crippen LogP contribution in [0.5, 0.6) is 5.75 Å². The lowest BCUT2D eigenvalue weighted by molar-refractivity contribution is 0.215. The molecule has 0 fully saturated rings. The van der Waals surface area contributed by atoms with Gasteiger partial charge in [0.2, 0.25) is 0 Å². The van der Waals surface area contributed by atoms with E-state index in [1.165, 1.54) is 0 Å². The van der Waals surface area contributed by atoms with E-state index in [4.69, 9.17) is 15.9 Å². The number of carbonyl (C=O) groups excluding carboxylic acids is 1. The minimum absolute atomic E-state index is 0.0154. The van der Waals surface area contributed by atoms with Crippen LogP contribution in [0.15, 0.2) is 54.6 Å². The van der Waals surface area contributed by atoms with Crippen LogP contribution in [0.2, 0.25) is 0 Å². The lowest BCUT2D eigenvalue weighted by atomic mass is 10.2. The molecule has 0 bridgehead atoms. The second-order valence-corrected chi connectivity index (χ2v) is 3.82. The number of nitrogen functional groups attached to an aromatic ring is 1. The molecule has 1 amide bonds. The van der Waals surface area contributed by atoms with Gasteiger partial charge in [0.25, 0.3) is 0 Å². The van der Waals surface area contributed by atoms with Crippen molar-refractivity contribution >= 4 is 17.6 Å². The third-order valence-corrected chi connectivity index (χ3v) is 2.40. The van der Waals surface area contributed by atoms with Gasteiger partial charge in [0.15, 0.2) is 0 Å². The van der Waals surface area contributed by atoms with Gasteiger partial charge in [0.1, 0.15) is 11.6 Å². The highest BCUT2D eigenvalue weighted by Crippen LogP contribution is 2.12. The molecule has 0 aliphatic heterocycles. The number of amidine groups is 1. The fraction of sp³-hybridized carbons (Fsp3) is 0. The molecule has 19 heavy (non-hydrogen) atoms. The molecule has 2 rings (SSSR count). The first kappa shape index (κ1) is 12.6. The molecule has 2 aromatic carbocycles. The molecule has 0 unspecified atom stereocenters. The third kappa shape index (κ3) is 3.57. The van der Waals surface area contributed by atoms with Crippen molar-refractivity contribution in [2.75, 3.05) is 5.32 Å². The summed E-state index contributed by atoms with van der Waals surface area (Å²) in [7, 11) is 0. The van der Waals surface area contributed by atoms with E-state index in [1.807, 2.05) is 6.07 Å². The highest BCUT2D eigenvalue weighted by molar-refractivity contribution is 5.95. The first-order valence-corrected chi connectivity index (χ1v) is 5.63. The van der Waals surface area contributed by atoms with Crippen LogP contribution in [0.3, 0.4) is 0 Å². The Bertz CT molecular complexity index is 579. The first-order valence-electron chi connectivity index (χ1n) is 5.63. The Hall–Kier alpha value is -2.82. The van der Waals surface area contributed by atoms with Gasteiger partial charge in [0, 0.05) is 11.3 Å². The van der Waals surface area contributed by atoms with Crippen LogP contribution in [0.1, 0.15) is 5.56 Å². The van der Waals surface area contributed by atoms with E-state index in [0.29, 0.717) is 17.0 Å². The average Bonchev–Trinajstić information content (AvgIpc) is 2.40. The van der Waals surface area contributed by atoms with Crippen LogP contribution in [-0.2, 0) is 0 Å². The van der Waals surface area contributed by atoms with E-state index >= 15 is 0 Å². The van der Waals surface area contributed by atoms with Gasteiger partial charge in [-0.05, 0) is 36.4 Å². The molecule has 0 spiro atoms. The highest BCUT2D eigenvalue weighted by atomic mass is 16.6. The van der Waals surface area contributed by atoms with Crippen molar-refractivity contribution in [3.63, 3.8) is 0 Å². The average molecular weight is 255 g/mol. The maximum absolute atomic E-state index is 11.6. The standard InChI is InChI=1S/C14H13N3O2/c15-13(16)10-6-8-11(9-7-10)17-14(18)19-12-4-2-1-3-5-12/h1-9H,(H3,15,16)(H,17,18).